The molecule has 6 heteroatoms. The lowest BCUT2D eigenvalue weighted by Gasteiger charge is -2.34. The van der Waals surface area contributed by atoms with Crippen molar-refractivity contribution >= 4 is 0 Å². The Kier molecular flexibility index (Phi) is 2.44. The largest absolute Gasteiger partial charge is 0.349 e. The van der Waals surface area contributed by atoms with Crippen LogP contribution in [-0.4, -0.2) is 36.2 Å². The quantitative estimate of drug-likeness (QED) is 0.834. The van der Waals surface area contributed by atoms with Gasteiger partial charge in [0.1, 0.15) is 0 Å². The Labute approximate surface area is 112 Å². The molecule has 1 atom stereocenters. The minimum absolute atomic E-state index is 0.424. The van der Waals surface area contributed by atoms with Gasteiger partial charge in [0.15, 0.2) is 5.82 Å². The van der Waals surface area contributed by atoms with Gasteiger partial charge in [0.05, 0.1) is 12.6 Å². The van der Waals surface area contributed by atoms with Gasteiger partial charge in [-0.2, -0.15) is 0 Å². The lowest BCUT2D eigenvalue weighted by Crippen LogP contribution is -2.36. The summed E-state index contributed by atoms with van der Waals surface area (Å²) in [5.74, 6) is 1.01. The number of fused-ring (bicyclic) bond motifs is 1. The number of nitrogens with zero attached hydrogens (tertiary/aromatic N) is 6. The molecule has 100 valence electrons. The van der Waals surface area contributed by atoms with Gasteiger partial charge in [-0.25, -0.2) is 4.68 Å². The van der Waals surface area contributed by atoms with Gasteiger partial charge < -0.3 is 4.57 Å². The molecular formula is C13H18N6. The van der Waals surface area contributed by atoms with Crippen LogP contribution >= 0.6 is 0 Å². The minimum atomic E-state index is 0.424. The number of rotatable bonds is 3. The molecule has 1 aliphatic heterocycles. The third-order valence-electron chi connectivity index (χ3n) is 4.27. The molecule has 19 heavy (non-hydrogen) atoms. The zero-order chi connectivity index (χ0) is 12.8. The van der Waals surface area contributed by atoms with Gasteiger partial charge in [-0.3, -0.25) is 4.90 Å². The van der Waals surface area contributed by atoms with E-state index in [2.05, 4.69) is 50.2 Å². The molecular weight excluding hydrogens is 240 g/mol. The fourth-order valence-corrected chi connectivity index (χ4v) is 2.94. The second kappa shape index (κ2) is 4.16. The number of hydrogen-bond donors (Lipinski definition) is 0. The van der Waals surface area contributed by atoms with Gasteiger partial charge >= 0.3 is 0 Å². The van der Waals surface area contributed by atoms with Crippen LogP contribution in [0.1, 0.15) is 43.4 Å². The van der Waals surface area contributed by atoms with Crippen LogP contribution in [-0.2, 0) is 13.1 Å². The molecule has 0 saturated heterocycles. The van der Waals surface area contributed by atoms with Crippen LogP contribution in [0.2, 0.25) is 0 Å². The molecule has 0 N–H and O–H groups in total. The summed E-state index contributed by atoms with van der Waals surface area (Å²) < 4.78 is 4.35. The van der Waals surface area contributed by atoms with Crippen LogP contribution in [0.4, 0.5) is 0 Å². The number of aromatic nitrogens is 5. The van der Waals surface area contributed by atoms with E-state index in [0.717, 1.165) is 25.5 Å². The summed E-state index contributed by atoms with van der Waals surface area (Å²) in [5, 5.41) is 12.2. The molecule has 0 spiro atoms. The van der Waals surface area contributed by atoms with Crippen molar-refractivity contribution < 1.29 is 0 Å². The first-order chi connectivity index (χ1) is 9.33. The van der Waals surface area contributed by atoms with Crippen molar-refractivity contribution in [3.05, 3.63) is 29.8 Å². The van der Waals surface area contributed by atoms with Gasteiger partial charge in [0.2, 0.25) is 0 Å². The Morgan fingerprint density at radius 1 is 1.32 bits per heavy atom. The molecule has 1 saturated carbocycles. The van der Waals surface area contributed by atoms with Crippen molar-refractivity contribution in [2.75, 3.05) is 6.54 Å². The lowest BCUT2D eigenvalue weighted by molar-refractivity contribution is 0.154. The molecule has 2 aromatic heterocycles. The van der Waals surface area contributed by atoms with Crippen molar-refractivity contribution in [2.24, 2.45) is 0 Å². The van der Waals surface area contributed by atoms with E-state index in [9.17, 15) is 0 Å². The first kappa shape index (κ1) is 11.2. The monoisotopic (exact) mass is 258 g/mol. The van der Waals surface area contributed by atoms with Gasteiger partial charge in [0.25, 0.3) is 0 Å². The van der Waals surface area contributed by atoms with Crippen LogP contribution in [0.3, 0.4) is 0 Å². The summed E-state index contributed by atoms with van der Waals surface area (Å²) >= 11 is 0. The minimum Gasteiger partial charge on any atom is -0.349 e. The Bertz CT molecular complexity index is 581. The lowest BCUT2D eigenvalue weighted by atomic mass is 10.1. The summed E-state index contributed by atoms with van der Waals surface area (Å²) in [4.78, 5) is 2.46. The zero-order valence-electron chi connectivity index (χ0n) is 11.1. The first-order valence-electron chi connectivity index (χ1n) is 6.99. The third kappa shape index (κ3) is 1.87. The van der Waals surface area contributed by atoms with E-state index in [1.165, 1.54) is 18.5 Å². The normalized spacial score (nSPS) is 23.5. The maximum atomic E-state index is 4.20. The molecule has 4 rings (SSSR count). The van der Waals surface area contributed by atoms with Crippen molar-refractivity contribution in [1.29, 1.82) is 0 Å². The summed E-state index contributed by atoms with van der Waals surface area (Å²) in [6.45, 7) is 5.21. The Morgan fingerprint density at radius 3 is 3.05 bits per heavy atom. The van der Waals surface area contributed by atoms with E-state index in [4.69, 9.17) is 0 Å². The van der Waals surface area contributed by atoms with Crippen molar-refractivity contribution in [1.82, 2.24) is 29.7 Å². The summed E-state index contributed by atoms with van der Waals surface area (Å²) in [5.41, 5.74) is 1.39. The van der Waals surface area contributed by atoms with Crippen LogP contribution in [0.5, 0.6) is 0 Å². The third-order valence-corrected chi connectivity index (χ3v) is 4.27. The summed E-state index contributed by atoms with van der Waals surface area (Å²) in [6.07, 6.45) is 4.60. The van der Waals surface area contributed by atoms with E-state index >= 15 is 0 Å². The maximum absolute atomic E-state index is 4.20. The Hall–Kier alpha value is -1.69. The average Bonchev–Trinajstić information content (AvgIpc) is 2.97. The molecule has 0 amide bonds. The molecule has 1 fully saturated rings. The van der Waals surface area contributed by atoms with Gasteiger partial charge in [-0.1, -0.05) is 0 Å². The SMILES string of the molecule is CC1c2cccn2CCN1Cc1nnnn1C1CC1. The topological polar surface area (TPSA) is 51.8 Å². The fraction of sp³-hybridized carbons (Fsp3) is 0.615. The molecule has 0 radical (unpaired) electrons. The van der Waals surface area contributed by atoms with Gasteiger partial charge in [-0.15, -0.1) is 5.10 Å². The Morgan fingerprint density at radius 2 is 2.21 bits per heavy atom. The van der Waals surface area contributed by atoms with Crippen molar-refractivity contribution in [3.63, 3.8) is 0 Å². The fourth-order valence-electron chi connectivity index (χ4n) is 2.94. The van der Waals surface area contributed by atoms with E-state index in [1.54, 1.807) is 0 Å². The van der Waals surface area contributed by atoms with Crippen molar-refractivity contribution in [2.45, 2.75) is 44.9 Å². The molecule has 3 heterocycles. The van der Waals surface area contributed by atoms with Gasteiger partial charge in [0, 0.05) is 31.0 Å². The number of tetrazole rings is 1. The molecule has 1 aliphatic carbocycles. The second-order valence-electron chi connectivity index (χ2n) is 5.54. The molecule has 0 bridgehead atoms. The molecule has 2 aliphatic rings. The van der Waals surface area contributed by atoms with E-state index < -0.39 is 0 Å². The molecule has 1 unspecified atom stereocenters. The predicted molar refractivity (Wildman–Crippen MR) is 69.3 cm³/mol. The summed E-state index contributed by atoms with van der Waals surface area (Å²) in [6, 6.07) is 5.31. The van der Waals surface area contributed by atoms with E-state index in [-0.39, 0.29) is 0 Å². The van der Waals surface area contributed by atoms with Crippen LogP contribution in [0.25, 0.3) is 0 Å². The highest BCUT2D eigenvalue weighted by molar-refractivity contribution is 5.13. The standard InChI is InChI=1S/C13H18N6/c1-10-12-3-2-6-17(12)7-8-18(10)9-13-14-15-16-19(13)11-4-5-11/h2-3,6,10-11H,4-5,7-9H2,1H3. The summed E-state index contributed by atoms with van der Waals surface area (Å²) in [7, 11) is 0. The maximum Gasteiger partial charge on any atom is 0.165 e. The highest BCUT2D eigenvalue weighted by Crippen LogP contribution is 2.35. The highest BCUT2D eigenvalue weighted by Gasteiger charge is 2.30. The van der Waals surface area contributed by atoms with Crippen LogP contribution < -0.4 is 0 Å². The molecule has 2 aromatic rings. The van der Waals surface area contributed by atoms with Crippen molar-refractivity contribution in [3.8, 4) is 0 Å². The predicted octanol–water partition coefficient (Wildman–Crippen LogP) is 1.39. The first-order valence-corrected chi connectivity index (χ1v) is 6.99. The second-order valence-corrected chi connectivity index (χ2v) is 5.54. The molecule has 0 aromatic carbocycles. The smallest absolute Gasteiger partial charge is 0.165 e. The van der Waals surface area contributed by atoms with E-state index in [0.29, 0.717) is 12.1 Å². The Balaban J connectivity index is 1.56. The molecule has 6 nitrogen and oxygen atoms in total. The van der Waals surface area contributed by atoms with Crippen LogP contribution in [0.15, 0.2) is 18.3 Å². The average molecular weight is 258 g/mol. The zero-order valence-corrected chi connectivity index (χ0v) is 11.1. The number of hydrogen-bond acceptors (Lipinski definition) is 4. The van der Waals surface area contributed by atoms with Crippen LogP contribution in [0, 0.1) is 0 Å². The van der Waals surface area contributed by atoms with Gasteiger partial charge in [-0.05, 0) is 42.3 Å². The van der Waals surface area contributed by atoms with E-state index in [1.807, 2.05) is 4.68 Å². The highest BCUT2D eigenvalue weighted by atomic mass is 15.6.